The summed E-state index contributed by atoms with van der Waals surface area (Å²) in [6, 6.07) is 10.1. The molecule has 18 heavy (non-hydrogen) atoms. The van der Waals surface area contributed by atoms with E-state index in [1.807, 2.05) is 18.2 Å². The van der Waals surface area contributed by atoms with Gasteiger partial charge in [0.2, 0.25) is 0 Å². The molecular weight excluding hydrogens is 224 g/mol. The average molecular weight is 238 g/mol. The van der Waals surface area contributed by atoms with Gasteiger partial charge in [-0.05, 0) is 49.2 Å². The van der Waals surface area contributed by atoms with E-state index in [2.05, 4.69) is 46.5 Å². The first kappa shape index (κ1) is 10.8. The number of hydrogen-bond donors (Lipinski definition) is 2. The van der Waals surface area contributed by atoms with Crippen molar-refractivity contribution < 1.29 is 0 Å². The molecule has 0 atom stereocenters. The molecule has 0 aliphatic heterocycles. The van der Waals surface area contributed by atoms with E-state index < -0.39 is 0 Å². The van der Waals surface area contributed by atoms with Gasteiger partial charge in [0.25, 0.3) is 0 Å². The summed E-state index contributed by atoms with van der Waals surface area (Å²) in [4.78, 5) is 4.32. The van der Waals surface area contributed by atoms with Gasteiger partial charge in [-0.3, -0.25) is 10.1 Å². The normalized spacial score (nSPS) is 10.8. The van der Waals surface area contributed by atoms with Gasteiger partial charge in [0, 0.05) is 11.9 Å². The number of nitrogens with one attached hydrogen (secondary N) is 2. The Kier molecular flexibility index (Phi) is 2.48. The Morgan fingerprint density at radius 3 is 2.83 bits per heavy atom. The highest BCUT2D eigenvalue weighted by molar-refractivity contribution is 5.87. The van der Waals surface area contributed by atoms with Gasteiger partial charge in [0.15, 0.2) is 5.82 Å². The molecule has 2 N–H and O–H groups in total. The van der Waals surface area contributed by atoms with Crippen LogP contribution < -0.4 is 5.32 Å². The van der Waals surface area contributed by atoms with Crippen molar-refractivity contribution in [3.05, 3.63) is 47.7 Å². The maximum Gasteiger partial charge on any atom is 0.178 e. The van der Waals surface area contributed by atoms with Crippen molar-refractivity contribution in [3.8, 4) is 0 Å². The molecule has 0 fully saturated rings. The van der Waals surface area contributed by atoms with Crippen molar-refractivity contribution in [2.75, 3.05) is 5.32 Å². The van der Waals surface area contributed by atoms with E-state index >= 15 is 0 Å². The minimum Gasteiger partial charge on any atom is -0.337 e. The van der Waals surface area contributed by atoms with Gasteiger partial charge in [-0.2, -0.15) is 5.10 Å². The zero-order valence-electron chi connectivity index (χ0n) is 10.4. The third-order valence-corrected chi connectivity index (χ3v) is 3.09. The summed E-state index contributed by atoms with van der Waals surface area (Å²) >= 11 is 0. The van der Waals surface area contributed by atoms with Gasteiger partial charge in [0.05, 0.1) is 5.52 Å². The third-order valence-electron chi connectivity index (χ3n) is 3.09. The van der Waals surface area contributed by atoms with Crippen LogP contribution in [0.5, 0.6) is 0 Å². The van der Waals surface area contributed by atoms with E-state index in [-0.39, 0.29) is 0 Å². The Morgan fingerprint density at radius 2 is 2.00 bits per heavy atom. The lowest BCUT2D eigenvalue weighted by atomic mass is 10.1. The number of fused-ring (bicyclic) bond motifs is 1. The topological polar surface area (TPSA) is 53.6 Å². The predicted octanol–water partition coefficient (Wildman–Crippen LogP) is 3.32. The van der Waals surface area contributed by atoms with Crippen LogP contribution in [0.15, 0.2) is 36.5 Å². The van der Waals surface area contributed by atoms with E-state index in [0.717, 1.165) is 22.5 Å². The molecule has 3 aromatic rings. The molecule has 1 aromatic carbocycles. The SMILES string of the molecule is Cc1ccc(Nc2n[nH]c3cccnc23)cc1C. The molecule has 0 spiro atoms. The van der Waals surface area contributed by atoms with Gasteiger partial charge in [-0.1, -0.05) is 6.07 Å². The van der Waals surface area contributed by atoms with Crippen molar-refractivity contribution in [3.63, 3.8) is 0 Å². The summed E-state index contributed by atoms with van der Waals surface area (Å²) < 4.78 is 0. The Balaban J connectivity index is 1.98. The van der Waals surface area contributed by atoms with Gasteiger partial charge in [0.1, 0.15) is 5.52 Å². The Morgan fingerprint density at radius 1 is 1.11 bits per heavy atom. The van der Waals surface area contributed by atoms with Crippen LogP contribution in [0.4, 0.5) is 11.5 Å². The number of nitrogens with zero attached hydrogens (tertiary/aromatic N) is 2. The lowest BCUT2D eigenvalue weighted by Crippen LogP contribution is -1.93. The second-order valence-corrected chi connectivity index (χ2v) is 4.40. The fourth-order valence-electron chi connectivity index (χ4n) is 1.90. The van der Waals surface area contributed by atoms with Crippen molar-refractivity contribution in [1.82, 2.24) is 15.2 Å². The largest absolute Gasteiger partial charge is 0.337 e. The molecule has 0 saturated carbocycles. The molecule has 4 nitrogen and oxygen atoms in total. The number of aromatic amines is 1. The number of anilines is 2. The van der Waals surface area contributed by atoms with Crippen LogP contribution in [0.1, 0.15) is 11.1 Å². The Hall–Kier alpha value is -2.36. The van der Waals surface area contributed by atoms with Gasteiger partial charge >= 0.3 is 0 Å². The number of pyridine rings is 1. The molecular formula is C14H14N4. The number of hydrogen-bond acceptors (Lipinski definition) is 3. The van der Waals surface area contributed by atoms with Crippen molar-refractivity contribution >= 4 is 22.5 Å². The number of aromatic nitrogens is 3. The highest BCUT2D eigenvalue weighted by Gasteiger charge is 2.06. The lowest BCUT2D eigenvalue weighted by Gasteiger charge is -2.06. The summed E-state index contributed by atoms with van der Waals surface area (Å²) in [5.74, 6) is 0.758. The first-order valence-electron chi connectivity index (χ1n) is 5.87. The summed E-state index contributed by atoms with van der Waals surface area (Å²) in [6.45, 7) is 4.20. The third kappa shape index (κ3) is 1.82. The zero-order chi connectivity index (χ0) is 12.5. The van der Waals surface area contributed by atoms with Crippen LogP contribution in [-0.4, -0.2) is 15.2 Å². The van der Waals surface area contributed by atoms with Crippen LogP contribution in [-0.2, 0) is 0 Å². The summed E-state index contributed by atoms with van der Waals surface area (Å²) in [5.41, 5.74) is 5.36. The minimum atomic E-state index is 0.758. The molecule has 2 heterocycles. The number of H-pyrrole nitrogens is 1. The number of benzene rings is 1. The molecule has 90 valence electrons. The second-order valence-electron chi connectivity index (χ2n) is 4.40. The van der Waals surface area contributed by atoms with Crippen molar-refractivity contribution in [2.45, 2.75) is 13.8 Å². The average Bonchev–Trinajstić information content (AvgIpc) is 2.78. The number of rotatable bonds is 2. The van der Waals surface area contributed by atoms with E-state index in [0.29, 0.717) is 0 Å². The molecule has 0 unspecified atom stereocenters. The van der Waals surface area contributed by atoms with Crippen LogP contribution in [0.2, 0.25) is 0 Å². The Labute approximate surface area is 105 Å². The highest BCUT2D eigenvalue weighted by atomic mass is 15.2. The van der Waals surface area contributed by atoms with Gasteiger partial charge in [-0.25, -0.2) is 0 Å². The van der Waals surface area contributed by atoms with E-state index in [9.17, 15) is 0 Å². The standard InChI is InChI=1S/C14H14N4/c1-9-5-6-11(8-10(9)2)16-14-13-12(17-18-14)4-3-7-15-13/h3-8H,1-2H3,(H2,16,17,18). The first-order valence-corrected chi connectivity index (χ1v) is 5.87. The smallest absolute Gasteiger partial charge is 0.178 e. The molecule has 0 aliphatic rings. The Bertz CT molecular complexity index is 700. The fraction of sp³-hybridized carbons (Fsp3) is 0.143. The van der Waals surface area contributed by atoms with Crippen molar-refractivity contribution in [1.29, 1.82) is 0 Å². The maximum absolute atomic E-state index is 4.32. The fourth-order valence-corrected chi connectivity index (χ4v) is 1.90. The van der Waals surface area contributed by atoms with E-state index in [1.54, 1.807) is 6.20 Å². The van der Waals surface area contributed by atoms with E-state index in [1.165, 1.54) is 11.1 Å². The van der Waals surface area contributed by atoms with Crippen LogP contribution in [0.3, 0.4) is 0 Å². The first-order chi connectivity index (χ1) is 8.74. The predicted molar refractivity (Wildman–Crippen MR) is 73.1 cm³/mol. The molecule has 0 bridgehead atoms. The molecule has 3 rings (SSSR count). The van der Waals surface area contributed by atoms with Gasteiger partial charge in [-0.15, -0.1) is 0 Å². The molecule has 4 heteroatoms. The minimum absolute atomic E-state index is 0.758. The molecule has 0 aliphatic carbocycles. The molecule has 2 aromatic heterocycles. The molecule has 0 amide bonds. The van der Waals surface area contributed by atoms with Gasteiger partial charge < -0.3 is 5.32 Å². The highest BCUT2D eigenvalue weighted by Crippen LogP contribution is 2.23. The van der Waals surface area contributed by atoms with Crippen LogP contribution >= 0.6 is 0 Å². The summed E-state index contributed by atoms with van der Waals surface area (Å²) in [6.07, 6.45) is 1.77. The van der Waals surface area contributed by atoms with Crippen LogP contribution in [0.25, 0.3) is 11.0 Å². The molecule has 0 radical (unpaired) electrons. The monoisotopic (exact) mass is 238 g/mol. The number of aryl methyl sites for hydroxylation is 2. The quantitative estimate of drug-likeness (QED) is 0.720. The summed E-state index contributed by atoms with van der Waals surface area (Å²) in [7, 11) is 0. The lowest BCUT2D eigenvalue weighted by molar-refractivity contribution is 1.12. The summed E-state index contributed by atoms with van der Waals surface area (Å²) in [5, 5.41) is 10.5. The zero-order valence-corrected chi connectivity index (χ0v) is 10.4. The van der Waals surface area contributed by atoms with Crippen molar-refractivity contribution in [2.24, 2.45) is 0 Å². The van der Waals surface area contributed by atoms with Crippen LogP contribution in [0, 0.1) is 13.8 Å². The van der Waals surface area contributed by atoms with E-state index in [4.69, 9.17) is 0 Å². The maximum atomic E-state index is 4.32. The molecule has 0 saturated heterocycles. The second kappa shape index (κ2) is 4.14.